The first-order valence-electron chi connectivity index (χ1n) is 3.00. The van der Waals surface area contributed by atoms with Crippen molar-refractivity contribution in [3.05, 3.63) is 18.9 Å². The van der Waals surface area contributed by atoms with Gasteiger partial charge in [0.1, 0.15) is 0 Å². The lowest BCUT2D eigenvalue weighted by atomic mass is 10.5. The fourth-order valence-electron chi connectivity index (χ4n) is 0.734. The Hall–Kier alpha value is 0.300. The third-order valence-corrected chi connectivity index (χ3v) is 3.50. The molecule has 0 aliphatic carbocycles. The minimum atomic E-state index is 0.575. The third-order valence-electron chi connectivity index (χ3n) is 1.18. The lowest BCUT2D eigenvalue weighted by Crippen LogP contribution is -1.70. The lowest BCUT2D eigenvalue weighted by molar-refractivity contribution is 0.538. The normalized spacial score (nSPS) is 10.5. The molecule has 0 N–H and O–H groups in total. The second-order valence-electron chi connectivity index (χ2n) is 1.96. The number of hydrogen-bond donors (Lipinski definition) is 0. The molecule has 2 aromatic rings. The molecule has 0 amide bonds. The molecule has 2 heterocycles. The van der Waals surface area contributed by atoms with Gasteiger partial charge in [0.25, 0.3) is 9.79 Å². The lowest BCUT2D eigenvalue weighted by Gasteiger charge is -1.82. The summed E-state index contributed by atoms with van der Waals surface area (Å²) in [5.74, 6) is 0.604. The number of thiophene rings is 1. The summed E-state index contributed by atoms with van der Waals surface area (Å²) in [6.45, 7) is 0. The van der Waals surface area contributed by atoms with Gasteiger partial charge in [-0.2, -0.15) is 0 Å². The van der Waals surface area contributed by atoms with Gasteiger partial charge in [-0.05, 0) is 34.7 Å². The van der Waals surface area contributed by atoms with Gasteiger partial charge in [-0.1, -0.05) is 0 Å². The van der Waals surface area contributed by atoms with Crippen LogP contribution in [-0.2, 0) is 0 Å². The Labute approximate surface area is 99.9 Å². The molecule has 62 valence electrons. The second kappa shape index (κ2) is 3.58. The zero-order valence-corrected chi connectivity index (χ0v) is 10.8. The average Bonchev–Trinajstić information content (AvgIpc) is 2.58. The van der Waals surface area contributed by atoms with E-state index >= 15 is 0 Å². The summed E-state index contributed by atoms with van der Waals surface area (Å²) in [6.07, 6.45) is 0. The molecule has 0 saturated carbocycles. The van der Waals surface area contributed by atoms with Gasteiger partial charge in [0.05, 0.1) is 7.76 Å². The molecule has 2 aromatic heterocycles. The molecule has 0 fully saturated rings. The summed E-state index contributed by atoms with van der Waals surface area (Å²) in [5, 5.41) is 7.66. The van der Waals surface area contributed by atoms with E-state index in [0.29, 0.717) is 9.79 Å². The molecule has 6 heteroatoms. The van der Waals surface area contributed by atoms with Crippen LogP contribution in [0.4, 0.5) is 0 Å². The predicted octanol–water partition coefficient (Wildman–Crippen LogP) is 3.01. The Bertz CT molecular complexity index is 359. The molecule has 0 bridgehead atoms. The third kappa shape index (κ3) is 1.79. The molecule has 0 aliphatic rings. The van der Waals surface area contributed by atoms with E-state index in [0.717, 1.165) is 4.88 Å². The van der Waals surface area contributed by atoms with Crippen molar-refractivity contribution in [2.45, 2.75) is 0 Å². The van der Waals surface area contributed by atoms with Crippen LogP contribution in [0.1, 0.15) is 0 Å². The summed E-state index contributed by atoms with van der Waals surface area (Å²) in [5.41, 5.74) is 0. The Morgan fingerprint density at radius 2 is 2.08 bits per heavy atom. The summed E-state index contributed by atoms with van der Waals surface area (Å²) in [7, 11) is 0. The monoisotopic (exact) mass is 404 g/mol. The molecule has 12 heavy (non-hydrogen) atoms. The quantitative estimate of drug-likeness (QED) is 0.687. The molecule has 3 nitrogen and oxygen atoms in total. The molecule has 2 rings (SSSR count). The molecular weight excluding hydrogens is 402 g/mol. The summed E-state index contributed by atoms with van der Waals surface area (Å²) < 4.78 is 7.05. The van der Waals surface area contributed by atoms with Crippen molar-refractivity contribution in [2.75, 3.05) is 0 Å². The van der Waals surface area contributed by atoms with Crippen LogP contribution in [0.5, 0.6) is 0 Å². The van der Waals surface area contributed by atoms with E-state index in [1.54, 1.807) is 11.3 Å². The SMILES string of the molecule is Ic1nnc(-c2ccc(I)s2)o1. The van der Waals surface area contributed by atoms with E-state index in [-0.39, 0.29) is 0 Å². The highest BCUT2D eigenvalue weighted by Gasteiger charge is 2.07. The highest BCUT2D eigenvalue weighted by atomic mass is 127. The number of rotatable bonds is 1. The Morgan fingerprint density at radius 3 is 2.58 bits per heavy atom. The van der Waals surface area contributed by atoms with Crippen molar-refractivity contribution >= 4 is 56.5 Å². The molecule has 0 spiro atoms. The van der Waals surface area contributed by atoms with Gasteiger partial charge in [0.15, 0.2) is 0 Å². The van der Waals surface area contributed by atoms with Gasteiger partial charge in [0.2, 0.25) is 0 Å². The maximum atomic E-state index is 5.25. The van der Waals surface area contributed by atoms with Crippen LogP contribution in [0, 0.1) is 6.78 Å². The Morgan fingerprint density at radius 1 is 1.25 bits per heavy atom. The largest absolute Gasteiger partial charge is 0.411 e. The maximum absolute atomic E-state index is 5.25. The molecule has 0 radical (unpaired) electrons. The highest BCUT2D eigenvalue weighted by molar-refractivity contribution is 14.1. The van der Waals surface area contributed by atoms with Gasteiger partial charge in [0, 0.05) is 22.6 Å². The summed E-state index contributed by atoms with van der Waals surface area (Å²) in [6, 6.07) is 4.01. The number of aromatic nitrogens is 2. The zero-order valence-electron chi connectivity index (χ0n) is 5.62. The van der Waals surface area contributed by atoms with Crippen molar-refractivity contribution in [3.63, 3.8) is 0 Å². The van der Waals surface area contributed by atoms with E-state index in [1.165, 1.54) is 2.88 Å². The second-order valence-corrected chi connectivity index (χ2v) is 5.86. The average molecular weight is 404 g/mol. The van der Waals surface area contributed by atoms with Gasteiger partial charge < -0.3 is 4.42 Å². The zero-order chi connectivity index (χ0) is 8.55. The molecule has 0 saturated heterocycles. The van der Waals surface area contributed by atoms with Crippen molar-refractivity contribution in [3.8, 4) is 10.8 Å². The first kappa shape index (κ1) is 8.88. The van der Waals surface area contributed by atoms with Crippen LogP contribution in [0.3, 0.4) is 0 Å². The van der Waals surface area contributed by atoms with Gasteiger partial charge in [-0.3, -0.25) is 0 Å². The summed E-state index contributed by atoms with van der Waals surface area (Å²) in [4.78, 5) is 1.02. The van der Waals surface area contributed by atoms with Crippen LogP contribution in [0.15, 0.2) is 16.5 Å². The minimum absolute atomic E-state index is 0.575. The number of nitrogens with zero attached hydrogens (tertiary/aromatic N) is 2. The van der Waals surface area contributed by atoms with E-state index in [2.05, 4.69) is 32.8 Å². The Balaban J connectivity index is 2.43. The van der Waals surface area contributed by atoms with E-state index in [4.69, 9.17) is 4.42 Å². The van der Waals surface area contributed by atoms with E-state index in [9.17, 15) is 0 Å². The standard InChI is InChI=1S/C6H2I2N2OS/c7-4-2-1-3(12-4)5-9-10-6(8)11-5/h1-2H. The Kier molecular flexibility index (Phi) is 2.65. The van der Waals surface area contributed by atoms with Crippen molar-refractivity contribution in [1.82, 2.24) is 10.2 Å². The van der Waals surface area contributed by atoms with Crippen LogP contribution >= 0.6 is 56.5 Å². The van der Waals surface area contributed by atoms with Gasteiger partial charge in [-0.25, -0.2) is 0 Å². The number of halogens is 2. The predicted molar refractivity (Wildman–Crippen MR) is 63.0 cm³/mol. The smallest absolute Gasteiger partial charge is 0.278 e. The molecule has 0 atom stereocenters. The van der Waals surface area contributed by atoms with Crippen LogP contribution in [0.25, 0.3) is 10.8 Å². The number of hydrogen-bond acceptors (Lipinski definition) is 4. The molecular formula is C6H2I2N2OS. The van der Waals surface area contributed by atoms with Crippen molar-refractivity contribution in [2.24, 2.45) is 0 Å². The topological polar surface area (TPSA) is 38.9 Å². The van der Waals surface area contributed by atoms with Gasteiger partial charge in [-0.15, -0.1) is 21.5 Å². The highest BCUT2D eigenvalue weighted by Crippen LogP contribution is 2.27. The van der Waals surface area contributed by atoms with E-state index in [1.807, 2.05) is 34.7 Å². The van der Waals surface area contributed by atoms with Crippen molar-refractivity contribution in [1.29, 1.82) is 0 Å². The molecule has 0 aliphatic heterocycles. The first-order valence-corrected chi connectivity index (χ1v) is 5.98. The molecule has 0 unspecified atom stereocenters. The fourth-order valence-corrected chi connectivity index (χ4v) is 2.59. The van der Waals surface area contributed by atoms with Crippen LogP contribution in [-0.4, -0.2) is 10.2 Å². The van der Waals surface area contributed by atoms with Gasteiger partial charge >= 0.3 is 0 Å². The van der Waals surface area contributed by atoms with Crippen LogP contribution in [0.2, 0.25) is 0 Å². The first-order chi connectivity index (χ1) is 5.75. The van der Waals surface area contributed by atoms with Crippen LogP contribution < -0.4 is 0 Å². The summed E-state index contributed by atoms with van der Waals surface area (Å²) >= 11 is 5.90. The minimum Gasteiger partial charge on any atom is -0.411 e. The maximum Gasteiger partial charge on any atom is 0.278 e. The molecule has 0 aromatic carbocycles. The van der Waals surface area contributed by atoms with Crippen molar-refractivity contribution < 1.29 is 4.42 Å². The van der Waals surface area contributed by atoms with E-state index < -0.39 is 0 Å². The fraction of sp³-hybridized carbons (Fsp3) is 0.